The molecule has 0 unspecified atom stereocenters. The van der Waals surface area contributed by atoms with Gasteiger partial charge < -0.3 is 9.80 Å². The van der Waals surface area contributed by atoms with E-state index in [1.165, 1.54) is 44.5 Å². The van der Waals surface area contributed by atoms with Gasteiger partial charge in [-0.05, 0) is 128 Å². The molecule has 368 valence electrons. The van der Waals surface area contributed by atoms with Gasteiger partial charge in [0.25, 0.3) is 0 Å². The van der Waals surface area contributed by atoms with Gasteiger partial charge in [-0.1, -0.05) is 231 Å². The molecule has 0 saturated heterocycles. The number of para-hydroxylation sites is 4. The summed E-state index contributed by atoms with van der Waals surface area (Å²) in [5, 5.41) is 0. The summed E-state index contributed by atoms with van der Waals surface area (Å²) >= 11 is 0. The van der Waals surface area contributed by atoms with E-state index in [-0.39, 0.29) is 0 Å². The van der Waals surface area contributed by atoms with Crippen LogP contribution in [-0.4, -0.2) is 4.21 Å². The number of nitrogens with zero attached hydrogens (tertiary/aromatic N) is 2. The smallest absolute Gasteiger partial charge is 0.0742 e. The zero-order valence-electron chi connectivity index (χ0n) is 42.6. The first-order valence-electron chi connectivity index (χ1n) is 26.9. The Hall–Kier alpha value is -9.61. The average molecular weight is 1020 g/mol. The zero-order valence-corrected chi connectivity index (χ0v) is 43.4. The van der Waals surface area contributed by atoms with Crippen LogP contribution in [0.4, 0.5) is 34.1 Å². The lowest BCUT2D eigenvalue weighted by Crippen LogP contribution is -2.37. The van der Waals surface area contributed by atoms with Gasteiger partial charge in [-0.15, -0.1) is 0 Å². The molecule has 4 heterocycles. The average Bonchev–Trinajstić information content (AvgIpc) is 4.14. The summed E-state index contributed by atoms with van der Waals surface area (Å²) in [5.41, 5.74) is 18.8. The van der Waals surface area contributed by atoms with Crippen molar-refractivity contribution < 1.29 is 4.21 Å². The second-order valence-corrected chi connectivity index (χ2v) is 24.7. The fourth-order valence-electron chi connectivity index (χ4n) is 14.6. The molecule has 78 heavy (non-hydrogen) atoms. The summed E-state index contributed by atoms with van der Waals surface area (Å²) in [6, 6.07) is 110. The number of hydrogen-bond acceptors (Lipinski definition) is 3. The predicted octanol–water partition coefficient (Wildman–Crippen LogP) is 18.3. The second-order valence-electron chi connectivity index (χ2n) is 21.0. The molecule has 0 aromatic heterocycles. The zero-order chi connectivity index (χ0) is 51.7. The number of anilines is 6. The Bertz CT molecular complexity index is 4010. The van der Waals surface area contributed by atoms with E-state index < -0.39 is 19.9 Å². The predicted molar refractivity (Wildman–Crippen MR) is 318 cm³/mol. The van der Waals surface area contributed by atoms with Gasteiger partial charge in [0, 0.05) is 51.1 Å². The van der Waals surface area contributed by atoms with Crippen molar-refractivity contribution in [2.75, 3.05) is 9.80 Å². The summed E-state index contributed by atoms with van der Waals surface area (Å²) in [7, 11) is -4.25. The lowest BCUT2D eigenvalue weighted by Gasteiger charge is -2.46. The van der Waals surface area contributed by atoms with Crippen molar-refractivity contribution in [3.05, 3.63) is 348 Å². The molecule has 0 radical (unpaired) electrons. The highest BCUT2D eigenvalue weighted by molar-refractivity contribution is 8.21. The summed E-state index contributed by atoms with van der Waals surface area (Å²) in [4.78, 5) is 8.27. The van der Waals surface area contributed by atoms with Crippen molar-refractivity contribution in [3.63, 3.8) is 0 Å². The monoisotopic (exact) mass is 1010 g/mol. The van der Waals surface area contributed by atoms with Gasteiger partial charge in [-0.25, -0.2) is 0 Å². The van der Waals surface area contributed by atoms with Gasteiger partial charge in [-0.3, -0.25) is 4.21 Å². The van der Waals surface area contributed by atoms with Crippen LogP contribution in [0.15, 0.2) is 323 Å². The van der Waals surface area contributed by atoms with Gasteiger partial charge in [0.1, 0.15) is 0 Å². The first-order valence-corrected chi connectivity index (χ1v) is 28.9. The Morgan fingerprint density at radius 3 is 0.821 bits per heavy atom. The van der Waals surface area contributed by atoms with E-state index in [1.54, 1.807) is 0 Å². The van der Waals surface area contributed by atoms with Gasteiger partial charge in [0.2, 0.25) is 0 Å². The van der Waals surface area contributed by atoms with Crippen LogP contribution in [0.2, 0.25) is 0 Å². The number of hydrogen-bond donors (Lipinski definition) is 0. The summed E-state index contributed by atoms with van der Waals surface area (Å²) in [6.07, 6.45) is 0. The maximum Gasteiger partial charge on any atom is 0.0742 e. The molecule has 16 rings (SSSR count). The molecule has 12 aromatic rings. The first-order chi connectivity index (χ1) is 38.6. The minimum Gasteiger partial charge on any atom is -0.310 e. The third-order valence-corrected chi connectivity index (χ3v) is 22.3. The summed E-state index contributed by atoms with van der Waals surface area (Å²) in [5.74, 6) is 0. The quantitative estimate of drug-likeness (QED) is 0.166. The molecule has 0 aliphatic carbocycles. The highest BCUT2D eigenvalue weighted by Gasteiger charge is 2.58. The lowest BCUT2D eigenvalue weighted by atomic mass is 9.62. The molecule has 0 saturated carbocycles. The lowest BCUT2D eigenvalue weighted by molar-refractivity contribution is 0.658. The summed E-state index contributed by atoms with van der Waals surface area (Å²) < 4.78 is 18.2. The van der Waals surface area contributed by atoms with Crippen molar-refractivity contribution in [1.82, 2.24) is 0 Å². The molecule has 0 bridgehead atoms. The van der Waals surface area contributed by atoms with Crippen LogP contribution in [-0.2, 0) is 19.9 Å². The van der Waals surface area contributed by atoms with E-state index in [9.17, 15) is 0 Å². The minimum absolute atomic E-state index is 0.592. The fourth-order valence-corrected chi connectivity index (χ4v) is 19.7. The molecule has 0 amide bonds. The Morgan fingerprint density at radius 1 is 0.244 bits per heavy atom. The van der Waals surface area contributed by atoms with Crippen LogP contribution in [0.25, 0.3) is 22.3 Å². The Kier molecular flexibility index (Phi) is 9.42. The van der Waals surface area contributed by atoms with Crippen LogP contribution in [0.5, 0.6) is 0 Å². The maximum absolute atomic E-state index is 18.2. The van der Waals surface area contributed by atoms with Crippen LogP contribution >= 0.6 is 0 Å². The fraction of sp³-hybridized carbons (Fsp3) is 0.0270. The topological polar surface area (TPSA) is 23.6 Å². The molecule has 3 nitrogen and oxygen atoms in total. The molecule has 12 aromatic carbocycles. The highest BCUT2D eigenvalue weighted by atomic mass is 32.3. The van der Waals surface area contributed by atoms with Crippen molar-refractivity contribution in [1.29, 1.82) is 0 Å². The third kappa shape index (κ3) is 5.54. The SMILES string of the molecule is O=S12(c3ccccc3-c3cc(N4c5ccccc5C(c5ccccc5)(c5ccccc5)c5ccccc54)ccc31)c1ccccc1-c1cc(N3c4ccccc4C(c4ccccc4)(c4ccccc4)c4ccccc43)ccc12. The van der Waals surface area contributed by atoms with E-state index in [1.807, 2.05) is 0 Å². The van der Waals surface area contributed by atoms with Crippen LogP contribution < -0.4 is 9.80 Å². The van der Waals surface area contributed by atoms with Gasteiger partial charge in [0.05, 0.1) is 33.6 Å². The number of fused-ring (bicyclic) bond motifs is 14. The molecular weight excluding hydrogens is 965 g/mol. The van der Waals surface area contributed by atoms with Gasteiger partial charge >= 0.3 is 0 Å². The highest BCUT2D eigenvalue weighted by Crippen LogP contribution is 2.72. The second kappa shape index (κ2) is 16.4. The molecule has 0 N–H and O–H groups in total. The largest absolute Gasteiger partial charge is 0.310 e. The van der Waals surface area contributed by atoms with Gasteiger partial charge in [-0.2, -0.15) is 0 Å². The number of benzene rings is 12. The van der Waals surface area contributed by atoms with Crippen LogP contribution in [0.3, 0.4) is 0 Å². The van der Waals surface area contributed by atoms with E-state index in [0.29, 0.717) is 0 Å². The standard InChI is InChI=1S/C74H50N2OS/c77-78(69-43-23-13-33-57(69)59-49-55(45-47-71(59)78)75-65-39-19-15-35-61(65)73(51-25-5-1-6-26-51,52-27-7-2-8-28-52)62-36-16-20-40-66(62)75)70-44-24-14-34-58(70)60-50-56(46-48-72(60)78)76-67-41-21-17-37-63(67)74(53-29-9-3-10-30-53,54-31-11-4-12-32-54)64-38-18-22-42-68(64)76/h1-50H. The minimum atomic E-state index is -4.25. The Morgan fingerprint density at radius 2 is 0.500 bits per heavy atom. The summed E-state index contributed by atoms with van der Waals surface area (Å²) in [6.45, 7) is 0. The normalized spacial score (nSPS) is 16.2. The Balaban J connectivity index is 0.902. The molecule has 4 heteroatoms. The first kappa shape index (κ1) is 44.7. The van der Waals surface area contributed by atoms with Crippen LogP contribution in [0, 0.1) is 0 Å². The maximum atomic E-state index is 18.2. The van der Waals surface area contributed by atoms with E-state index >= 15 is 4.21 Å². The van der Waals surface area contributed by atoms with Crippen LogP contribution in [0.1, 0.15) is 44.5 Å². The molecule has 4 aliphatic rings. The van der Waals surface area contributed by atoms with Gasteiger partial charge in [0.15, 0.2) is 0 Å². The molecular formula is C74H50N2OS. The molecule has 0 fully saturated rings. The van der Waals surface area contributed by atoms with E-state index in [0.717, 1.165) is 76.0 Å². The molecule has 0 atom stereocenters. The molecule has 1 spiro atoms. The number of rotatable bonds is 6. The Labute approximate surface area is 455 Å². The van der Waals surface area contributed by atoms with Crippen molar-refractivity contribution in [2.24, 2.45) is 0 Å². The van der Waals surface area contributed by atoms with Crippen molar-refractivity contribution in [2.45, 2.75) is 30.4 Å². The van der Waals surface area contributed by atoms with E-state index in [4.69, 9.17) is 0 Å². The third-order valence-electron chi connectivity index (χ3n) is 17.5. The molecule has 4 aliphatic heterocycles. The van der Waals surface area contributed by atoms with Crippen molar-refractivity contribution >= 4 is 43.2 Å². The van der Waals surface area contributed by atoms with E-state index in [2.05, 4.69) is 313 Å². The van der Waals surface area contributed by atoms with Crippen molar-refractivity contribution in [3.8, 4) is 22.3 Å².